The molecule has 0 radical (unpaired) electrons. The molecule has 0 saturated carbocycles. The van der Waals surface area contributed by atoms with Gasteiger partial charge in [-0.2, -0.15) is 0 Å². The van der Waals surface area contributed by atoms with Crippen LogP contribution in [0.15, 0.2) is 30.4 Å². The van der Waals surface area contributed by atoms with E-state index in [4.69, 9.17) is 16.7 Å². The Morgan fingerprint density at radius 3 is 2.68 bits per heavy atom. The lowest BCUT2D eigenvalue weighted by molar-refractivity contribution is -0.120. The lowest BCUT2D eigenvalue weighted by atomic mass is 9.93. The average Bonchev–Trinajstić information content (AvgIpc) is 2.41. The molecule has 2 N–H and O–H groups in total. The average molecular weight is 280 g/mol. The summed E-state index contributed by atoms with van der Waals surface area (Å²) >= 11 is 5.96. The molecule has 100 valence electrons. The number of anilines is 1. The first-order valence-corrected chi connectivity index (χ1v) is 6.44. The quantitative estimate of drug-likeness (QED) is 0.834. The number of carbonyl (C=O) groups is 2. The van der Waals surface area contributed by atoms with Gasteiger partial charge in [-0.25, -0.2) is 4.79 Å². The maximum atomic E-state index is 12.0. The van der Waals surface area contributed by atoms with Crippen molar-refractivity contribution in [3.63, 3.8) is 0 Å². The van der Waals surface area contributed by atoms with Gasteiger partial charge in [0.05, 0.1) is 16.3 Å². The highest BCUT2D eigenvalue weighted by Gasteiger charge is 2.19. The maximum absolute atomic E-state index is 12.0. The van der Waals surface area contributed by atoms with Gasteiger partial charge in [0.25, 0.3) is 0 Å². The molecule has 0 bridgehead atoms. The van der Waals surface area contributed by atoms with Gasteiger partial charge >= 0.3 is 5.97 Å². The minimum Gasteiger partial charge on any atom is -0.478 e. The van der Waals surface area contributed by atoms with Crippen molar-refractivity contribution < 1.29 is 14.7 Å². The molecular weight excluding hydrogens is 266 g/mol. The molecule has 0 heterocycles. The van der Waals surface area contributed by atoms with Crippen LogP contribution in [0.1, 0.15) is 29.6 Å². The molecule has 1 unspecified atom stereocenters. The zero-order valence-corrected chi connectivity index (χ0v) is 11.0. The smallest absolute Gasteiger partial charge is 0.335 e. The third-order valence-electron chi connectivity index (χ3n) is 3.11. The fourth-order valence-electron chi connectivity index (χ4n) is 2.02. The first-order chi connectivity index (χ1) is 9.08. The molecular formula is C14H14ClNO3. The van der Waals surface area contributed by atoms with E-state index in [0.717, 1.165) is 19.3 Å². The third-order valence-corrected chi connectivity index (χ3v) is 3.43. The molecule has 1 amide bonds. The highest BCUT2D eigenvalue weighted by atomic mass is 35.5. The van der Waals surface area contributed by atoms with Crippen molar-refractivity contribution in [1.82, 2.24) is 0 Å². The molecule has 0 aliphatic heterocycles. The number of halogens is 1. The summed E-state index contributed by atoms with van der Waals surface area (Å²) in [6.07, 6.45) is 6.54. The number of allylic oxidation sites excluding steroid dienone is 2. The number of hydrogen-bond donors (Lipinski definition) is 2. The standard InChI is InChI=1S/C14H14ClNO3/c15-11-8-10(14(18)19)6-7-12(11)16-13(17)9-4-2-1-3-5-9/h1-2,6-9H,3-5H2,(H,16,17)(H,18,19). The van der Waals surface area contributed by atoms with Crippen molar-refractivity contribution in [3.05, 3.63) is 40.9 Å². The van der Waals surface area contributed by atoms with Crippen molar-refractivity contribution in [2.45, 2.75) is 19.3 Å². The Morgan fingerprint density at radius 2 is 2.11 bits per heavy atom. The first kappa shape index (κ1) is 13.6. The maximum Gasteiger partial charge on any atom is 0.335 e. The molecule has 0 fully saturated rings. The van der Waals surface area contributed by atoms with Gasteiger partial charge in [0.1, 0.15) is 0 Å². The monoisotopic (exact) mass is 279 g/mol. The fourth-order valence-corrected chi connectivity index (χ4v) is 2.24. The lowest BCUT2D eigenvalue weighted by Gasteiger charge is -2.17. The Hall–Kier alpha value is -1.81. The zero-order valence-electron chi connectivity index (χ0n) is 10.2. The predicted molar refractivity (Wildman–Crippen MR) is 73.5 cm³/mol. The van der Waals surface area contributed by atoms with E-state index < -0.39 is 5.97 Å². The summed E-state index contributed by atoms with van der Waals surface area (Å²) in [7, 11) is 0. The van der Waals surface area contributed by atoms with Crippen LogP contribution in [0, 0.1) is 5.92 Å². The topological polar surface area (TPSA) is 66.4 Å². The summed E-state index contributed by atoms with van der Waals surface area (Å²) in [6, 6.07) is 4.27. The molecule has 0 aromatic heterocycles. The van der Waals surface area contributed by atoms with Crippen LogP contribution in [0.5, 0.6) is 0 Å². The molecule has 1 aromatic rings. The molecule has 1 atom stereocenters. The van der Waals surface area contributed by atoms with Crippen LogP contribution in [0.3, 0.4) is 0 Å². The SMILES string of the molecule is O=C(O)c1ccc(NC(=O)C2CC=CCC2)c(Cl)c1. The van der Waals surface area contributed by atoms with E-state index in [2.05, 4.69) is 11.4 Å². The fraction of sp³-hybridized carbons (Fsp3) is 0.286. The van der Waals surface area contributed by atoms with E-state index in [1.165, 1.54) is 18.2 Å². The summed E-state index contributed by atoms with van der Waals surface area (Å²) in [5, 5.41) is 11.8. The summed E-state index contributed by atoms with van der Waals surface area (Å²) in [5.74, 6) is -1.16. The Kier molecular flexibility index (Phi) is 4.22. The second kappa shape index (κ2) is 5.89. The van der Waals surface area contributed by atoms with Gasteiger partial charge in [-0.15, -0.1) is 0 Å². The first-order valence-electron chi connectivity index (χ1n) is 6.06. The van der Waals surface area contributed by atoms with Gasteiger partial charge in [0.15, 0.2) is 0 Å². The van der Waals surface area contributed by atoms with E-state index in [0.29, 0.717) is 5.69 Å². The number of aromatic carboxylic acids is 1. The number of rotatable bonds is 3. The zero-order chi connectivity index (χ0) is 13.8. The van der Waals surface area contributed by atoms with Crippen LogP contribution >= 0.6 is 11.6 Å². The van der Waals surface area contributed by atoms with Gasteiger partial charge in [0, 0.05) is 5.92 Å². The largest absolute Gasteiger partial charge is 0.478 e. The minimum atomic E-state index is -1.04. The molecule has 19 heavy (non-hydrogen) atoms. The van der Waals surface area contributed by atoms with Crippen LogP contribution in [-0.4, -0.2) is 17.0 Å². The number of hydrogen-bond acceptors (Lipinski definition) is 2. The number of carboxylic acid groups (broad SMARTS) is 1. The number of nitrogens with one attached hydrogen (secondary N) is 1. The van der Waals surface area contributed by atoms with Crippen molar-refractivity contribution in [3.8, 4) is 0 Å². The van der Waals surface area contributed by atoms with E-state index in [1.807, 2.05) is 6.08 Å². The van der Waals surface area contributed by atoms with Crippen molar-refractivity contribution in [2.24, 2.45) is 5.92 Å². The summed E-state index contributed by atoms with van der Waals surface area (Å²) in [4.78, 5) is 22.8. The highest BCUT2D eigenvalue weighted by molar-refractivity contribution is 6.34. The Bertz CT molecular complexity index is 539. The molecule has 5 heteroatoms. The van der Waals surface area contributed by atoms with Gasteiger partial charge < -0.3 is 10.4 Å². The molecule has 2 rings (SSSR count). The van der Waals surface area contributed by atoms with Gasteiger partial charge in [-0.3, -0.25) is 4.79 Å². The van der Waals surface area contributed by atoms with Crippen molar-refractivity contribution >= 4 is 29.2 Å². The van der Waals surface area contributed by atoms with Gasteiger partial charge in [-0.05, 0) is 37.5 Å². The highest BCUT2D eigenvalue weighted by Crippen LogP contribution is 2.25. The Balaban J connectivity index is 2.08. The second-order valence-electron chi connectivity index (χ2n) is 4.47. The molecule has 1 aliphatic carbocycles. The van der Waals surface area contributed by atoms with Crippen LogP contribution in [-0.2, 0) is 4.79 Å². The molecule has 1 aromatic carbocycles. The van der Waals surface area contributed by atoms with Crippen LogP contribution < -0.4 is 5.32 Å². The lowest BCUT2D eigenvalue weighted by Crippen LogP contribution is -2.23. The van der Waals surface area contributed by atoms with Gasteiger partial charge in [-0.1, -0.05) is 23.8 Å². The number of benzene rings is 1. The normalized spacial score (nSPS) is 18.1. The minimum absolute atomic E-state index is 0.0415. The predicted octanol–water partition coefficient (Wildman–Crippen LogP) is 3.33. The van der Waals surface area contributed by atoms with Crippen LogP contribution in [0.25, 0.3) is 0 Å². The Labute approximate surface area is 116 Å². The van der Waals surface area contributed by atoms with E-state index >= 15 is 0 Å². The van der Waals surface area contributed by atoms with E-state index in [9.17, 15) is 9.59 Å². The summed E-state index contributed by atoms with van der Waals surface area (Å²) < 4.78 is 0. The number of amides is 1. The summed E-state index contributed by atoms with van der Waals surface area (Å²) in [5.41, 5.74) is 0.551. The molecule has 0 saturated heterocycles. The molecule has 4 nitrogen and oxygen atoms in total. The number of carbonyl (C=O) groups excluding carboxylic acids is 1. The van der Waals surface area contributed by atoms with Gasteiger partial charge in [0.2, 0.25) is 5.91 Å². The van der Waals surface area contributed by atoms with Crippen LogP contribution in [0.4, 0.5) is 5.69 Å². The summed E-state index contributed by atoms with van der Waals surface area (Å²) in [6.45, 7) is 0. The van der Waals surface area contributed by atoms with Crippen molar-refractivity contribution in [2.75, 3.05) is 5.32 Å². The second-order valence-corrected chi connectivity index (χ2v) is 4.88. The molecule has 0 spiro atoms. The Morgan fingerprint density at radius 1 is 1.32 bits per heavy atom. The molecule has 1 aliphatic rings. The third kappa shape index (κ3) is 3.35. The number of carboxylic acids is 1. The van der Waals surface area contributed by atoms with Crippen LogP contribution in [0.2, 0.25) is 5.02 Å². The van der Waals surface area contributed by atoms with Crippen molar-refractivity contribution in [1.29, 1.82) is 0 Å². The van der Waals surface area contributed by atoms with E-state index in [-0.39, 0.29) is 22.4 Å². The van der Waals surface area contributed by atoms with E-state index in [1.54, 1.807) is 0 Å².